The molecule has 0 fully saturated rings. The molecule has 0 aliphatic heterocycles. The zero-order valence-corrected chi connectivity index (χ0v) is 13.0. The van der Waals surface area contributed by atoms with E-state index in [1.54, 1.807) is 7.11 Å². The second-order valence-electron chi connectivity index (χ2n) is 4.47. The van der Waals surface area contributed by atoms with E-state index < -0.39 is 11.2 Å². The molecule has 1 aromatic heterocycles. The van der Waals surface area contributed by atoms with Gasteiger partial charge in [0.25, 0.3) is 0 Å². The molecule has 122 valence electrons. The van der Waals surface area contributed by atoms with Crippen LogP contribution in [0.3, 0.4) is 0 Å². The van der Waals surface area contributed by atoms with Crippen LogP contribution in [0.15, 0.2) is 6.20 Å². The maximum atomic E-state index is 12.6. The van der Waals surface area contributed by atoms with Crippen molar-refractivity contribution < 1.29 is 22.6 Å². The molecule has 1 heterocycles. The van der Waals surface area contributed by atoms with Crippen LogP contribution in [0.2, 0.25) is 0 Å². The molecular weight excluding hydrogens is 305 g/mol. The molecule has 0 radical (unpaired) electrons. The van der Waals surface area contributed by atoms with Crippen molar-refractivity contribution in [2.24, 2.45) is 0 Å². The fraction of sp³-hybridized carbons (Fsp3) is 0.769. The van der Waals surface area contributed by atoms with E-state index in [-0.39, 0.29) is 6.04 Å². The highest BCUT2D eigenvalue weighted by atomic mass is 32.1. The van der Waals surface area contributed by atoms with Crippen molar-refractivity contribution in [1.82, 2.24) is 10.3 Å². The minimum Gasteiger partial charge on any atom is -0.382 e. The van der Waals surface area contributed by atoms with Crippen LogP contribution < -0.4 is 5.32 Å². The van der Waals surface area contributed by atoms with Crippen LogP contribution in [-0.4, -0.2) is 38.5 Å². The van der Waals surface area contributed by atoms with E-state index in [1.165, 1.54) is 6.20 Å². The van der Waals surface area contributed by atoms with E-state index in [0.717, 1.165) is 13.0 Å². The molecule has 21 heavy (non-hydrogen) atoms. The van der Waals surface area contributed by atoms with Crippen molar-refractivity contribution in [3.8, 4) is 0 Å². The number of nitrogens with one attached hydrogen (secondary N) is 1. The summed E-state index contributed by atoms with van der Waals surface area (Å²) in [6, 6.07) is -0.166. The third-order valence-electron chi connectivity index (χ3n) is 2.73. The van der Waals surface area contributed by atoms with Crippen LogP contribution in [0, 0.1) is 0 Å². The Balaban J connectivity index is 2.57. The molecule has 0 amide bonds. The van der Waals surface area contributed by atoms with Crippen molar-refractivity contribution in [2.75, 3.05) is 33.5 Å². The zero-order valence-electron chi connectivity index (χ0n) is 12.2. The lowest BCUT2D eigenvalue weighted by atomic mass is 10.2. The summed E-state index contributed by atoms with van der Waals surface area (Å²) in [6.45, 7) is 4.19. The van der Waals surface area contributed by atoms with Gasteiger partial charge in [-0.2, -0.15) is 13.2 Å². The number of ether oxygens (including phenoxy) is 2. The summed E-state index contributed by atoms with van der Waals surface area (Å²) in [5, 5.41) is 2.43. The van der Waals surface area contributed by atoms with Crippen molar-refractivity contribution in [3.63, 3.8) is 0 Å². The van der Waals surface area contributed by atoms with E-state index >= 15 is 0 Å². The van der Waals surface area contributed by atoms with E-state index in [2.05, 4.69) is 10.3 Å². The number of hydrogen-bond donors (Lipinski definition) is 1. The summed E-state index contributed by atoms with van der Waals surface area (Å²) in [4.78, 5) is 4.06. The van der Waals surface area contributed by atoms with Crippen LogP contribution in [-0.2, 0) is 15.7 Å². The molecule has 0 aliphatic rings. The lowest BCUT2D eigenvalue weighted by Gasteiger charge is -2.16. The van der Waals surface area contributed by atoms with Gasteiger partial charge in [0.05, 0.1) is 13.2 Å². The first-order valence-corrected chi connectivity index (χ1v) is 7.63. The smallest absolute Gasteiger partial charge is 0.382 e. The molecule has 0 saturated heterocycles. The highest BCUT2D eigenvalue weighted by Gasteiger charge is 2.35. The highest BCUT2D eigenvalue weighted by molar-refractivity contribution is 7.11. The Bertz CT molecular complexity index is 399. The Labute approximate surface area is 126 Å². The molecule has 1 aromatic rings. The molecule has 1 rings (SSSR count). The van der Waals surface area contributed by atoms with E-state index in [9.17, 15) is 13.2 Å². The summed E-state index contributed by atoms with van der Waals surface area (Å²) in [5.41, 5.74) is 0. The average molecular weight is 326 g/mol. The predicted molar refractivity (Wildman–Crippen MR) is 75.5 cm³/mol. The largest absolute Gasteiger partial charge is 0.443 e. The van der Waals surface area contributed by atoms with Crippen LogP contribution in [0.25, 0.3) is 0 Å². The van der Waals surface area contributed by atoms with Crippen LogP contribution in [0.5, 0.6) is 0 Å². The Hall–Kier alpha value is -0.700. The molecule has 8 heteroatoms. The van der Waals surface area contributed by atoms with Crippen LogP contribution in [0.4, 0.5) is 13.2 Å². The van der Waals surface area contributed by atoms with Crippen molar-refractivity contribution in [1.29, 1.82) is 0 Å². The maximum Gasteiger partial charge on any atom is 0.443 e. The summed E-state index contributed by atoms with van der Waals surface area (Å²) < 4.78 is 48.0. The Morgan fingerprint density at radius 2 is 2.10 bits per heavy atom. The van der Waals surface area contributed by atoms with Crippen LogP contribution >= 0.6 is 11.3 Å². The van der Waals surface area contributed by atoms with E-state index in [4.69, 9.17) is 9.47 Å². The molecule has 1 atom stereocenters. The first kappa shape index (κ1) is 18.3. The van der Waals surface area contributed by atoms with Crippen molar-refractivity contribution in [3.05, 3.63) is 16.1 Å². The highest BCUT2D eigenvalue weighted by Crippen LogP contribution is 2.35. The van der Waals surface area contributed by atoms with E-state index in [0.29, 0.717) is 42.5 Å². The predicted octanol–water partition coefficient (Wildman–Crippen LogP) is 3.26. The van der Waals surface area contributed by atoms with Gasteiger partial charge in [-0.3, -0.25) is 0 Å². The van der Waals surface area contributed by atoms with Gasteiger partial charge in [-0.15, -0.1) is 11.3 Å². The maximum absolute atomic E-state index is 12.6. The minimum absolute atomic E-state index is 0.166. The number of nitrogens with zero attached hydrogens (tertiary/aromatic N) is 1. The number of aromatic nitrogens is 1. The number of rotatable bonds is 10. The van der Waals surface area contributed by atoms with Gasteiger partial charge in [-0.1, -0.05) is 6.92 Å². The number of thiazole rings is 1. The average Bonchev–Trinajstić information content (AvgIpc) is 2.91. The van der Waals surface area contributed by atoms with Gasteiger partial charge in [-0.05, 0) is 19.4 Å². The number of halogens is 3. The van der Waals surface area contributed by atoms with E-state index in [1.807, 2.05) is 6.92 Å². The molecule has 0 aromatic carbocycles. The first-order chi connectivity index (χ1) is 9.99. The lowest BCUT2D eigenvalue weighted by molar-refractivity contribution is -0.137. The van der Waals surface area contributed by atoms with Crippen LogP contribution in [0.1, 0.15) is 35.7 Å². The van der Waals surface area contributed by atoms with Gasteiger partial charge in [0.2, 0.25) is 0 Å². The van der Waals surface area contributed by atoms with Gasteiger partial charge >= 0.3 is 6.18 Å². The lowest BCUT2D eigenvalue weighted by Crippen LogP contribution is -2.23. The summed E-state index contributed by atoms with van der Waals surface area (Å²) in [7, 11) is 1.59. The second-order valence-corrected chi connectivity index (χ2v) is 5.53. The minimum atomic E-state index is -4.38. The number of hydrogen-bond acceptors (Lipinski definition) is 5. The topological polar surface area (TPSA) is 43.4 Å². The third kappa shape index (κ3) is 6.73. The molecule has 0 bridgehead atoms. The van der Waals surface area contributed by atoms with Gasteiger partial charge in [0, 0.05) is 30.8 Å². The van der Waals surface area contributed by atoms with Gasteiger partial charge in [0.1, 0.15) is 0 Å². The molecule has 0 aliphatic carbocycles. The summed E-state index contributed by atoms with van der Waals surface area (Å²) >= 11 is 0.688. The van der Waals surface area contributed by atoms with Gasteiger partial charge in [0.15, 0.2) is 5.01 Å². The van der Waals surface area contributed by atoms with Gasteiger partial charge < -0.3 is 14.8 Å². The molecule has 4 nitrogen and oxygen atoms in total. The second kappa shape index (κ2) is 9.34. The monoisotopic (exact) mass is 326 g/mol. The number of alkyl halides is 3. The Morgan fingerprint density at radius 3 is 2.67 bits per heavy atom. The molecular formula is C13H21F3N2O2S. The van der Waals surface area contributed by atoms with Gasteiger partial charge in [-0.25, -0.2) is 4.98 Å². The SMILES string of the molecule is CCCNC(CCOCCOC)c1cnc(C(F)(F)F)s1. The standard InChI is InChI=1S/C13H21F3N2O2S/c1-3-5-17-10(4-6-20-8-7-19-2)11-9-18-12(21-11)13(14,15)16/h9-10,17H,3-8H2,1-2H3. The fourth-order valence-corrected chi connectivity index (χ4v) is 2.58. The summed E-state index contributed by atoms with van der Waals surface area (Å²) in [6.07, 6.45) is -1.57. The third-order valence-corrected chi connectivity index (χ3v) is 3.89. The Kier molecular flexibility index (Phi) is 8.16. The molecule has 0 saturated carbocycles. The number of methoxy groups -OCH3 is 1. The fourth-order valence-electron chi connectivity index (χ4n) is 1.69. The van der Waals surface area contributed by atoms with Crippen molar-refractivity contribution >= 4 is 11.3 Å². The quantitative estimate of drug-likeness (QED) is 0.670. The summed E-state index contributed by atoms with van der Waals surface area (Å²) in [5.74, 6) is 0. The van der Waals surface area contributed by atoms with Crippen molar-refractivity contribution in [2.45, 2.75) is 32.0 Å². The molecule has 0 spiro atoms. The molecule has 1 unspecified atom stereocenters. The first-order valence-electron chi connectivity index (χ1n) is 6.82. The Morgan fingerprint density at radius 1 is 1.33 bits per heavy atom. The molecule has 1 N–H and O–H groups in total. The zero-order chi connectivity index (χ0) is 15.7. The normalized spacial score (nSPS) is 13.6.